The minimum absolute atomic E-state index is 0. The van der Waals surface area contributed by atoms with Crippen molar-refractivity contribution in [2.24, 2.45) is 29.6 Å². The van der Waals surface area contributed by atoms with Gasteiger partial charge in [0.1, 0.15) is 0 Å². The van der Waals surface area contributed by atoms with Gasteiger partial charge >= 0.3 is 0 Å². The molecule has 0 aromatic rings. The number of likely N-dealkylation sites (N-methyl/N-ethyl adjacent to an activating group) is 1. The van der Waals surface area contributed by atoms with Crippen LogP contribution in [-0.4, -0.2) is 25.5 Å². The lowest BCUT2D eigenvalue weighted by molar-refractivity contribution is -0.138. The number of nitrogens with one attached hydrogen (secondary N) is 2. The third-order valence-electron chi connectivity index (χ3n) is 5.60. The van der Waals surface area contributed by atoms with Crippen molar-refractivity contribution in [3.63, 3.8) is 0 Å². The fourth-order valence-electron chi connectivity index (χ4n) is 4.83. The number of hydrogen-bond donors (Lipinski definition) is 2. The summed E-state index contributed by atoms with van der Waals surface area (Å²) in [5.74, 6) is 3.98. The van der Waals surface area contributed by atoms with E-state index >= 15 is 0 Å². The normalized spacial score (nSPS) is 40.6. The first-order valence-electron chi connectivity index (χ1n) is 7.62. The molecule has 4 heteroatoms. The maximum absolute atomic E-state index is 12.4. The quantitative estimate of drug-likeness (QED) is 0.832. The summed E-state index contributed by atoms with van der Waals surface area (Å²) in [6.07, 6.45) is 6.76. The second-order valence-corrected chi connectivity index (χ2v) is 6.89. The number of carbonyl (C=O) groups excluding carboxylic acids is 1. The average Bonchev–Trinajstić information content (AvgIpc) is 2.34. The zero-order valence-electron chi connectivity index (χ0n) is 12.0. The fourth-order valence-corrected chi connectivity index (χ4v) is 4.83. The van der Waals surface area contributed by atoms with Gasteiger partial charge in [-0.05, 0) is 69.7 Å². The Balaban J connectivity index is 0.00000133. The topological polar surface area (TPSA) is 41.1 Å². The molecule has 4 aliphatic rings. The van der Waals surface area contributed by atoms with E-state index in [9.17, 15) is 4.79 Å². The summed E-state index contributed by atoms with van der Waals surface area (Å²) in [5.41, 5.74) is 0. The van der Waals surface area contributed by atoms with E-state index in [1.54, 1.807) is 0 Å². The van der Waals surface area contributed by atoms with Crippen LogP contribution >= 0.6 is 12.4 Å². The summed E-state index contributed by atoms with van der Waals surface area (Å²) in [7, 11) is 1.94. The smallest absolute Gasteiger partial charge is 0.223 e. The largest absolute Gasteiger partial charge is 0.354 e. The van der Waals surface area contributed by atoms with E-state index in [1.165, 1.54) is 32.1 Å². The van der Waals surface area contributed by atoms with Crippen LogP contribution in [0.15, 0.2) is 0 Å². The first-order chi connectivity index (χ1) is 8.67. The molecule has 19 heavy (non-hydrogen) atoms. The molecule has 4 aliphatic carbocycles. The van der Waals surface area contributed by atoms with E-state index < -0.39 is 0 Å². The molecule has 2 N–H and O–H groups in total. The third-order valence-corrected chi connectivity index (χ3v) is 5.60. The van der Waals surface area contributed by atoms with Crippen LogP contribution in [0.5, 0.6) is 0 Å². The molecule has 1 unspecified atom stereocenters. The molecule has 0 spiro atoms. The summed E-state index contributed by atoms with van der Waals surface area (Å²) in [4.78, 5) is 12.4. The summed E-state index contributed by atoms with van der Waals surface area (Å²) in [5, 5.41) is 6.33. The SMILES string of the molecule is CNC(C)CNC(=O)C1C2CC3CC(C2)CC1C3.Cl. The first kappa shape index (κ1) is 15.1. The monoisotopic (exact) mass is 286 g/mol. The minimum atomic E-state index is 0. The van der Waals surface area contributed by atoms with Crippen molar-refractivity contribution in [2.75, 3.05) is 13.6 Å². The van der Waals surface area contributed by atoms with Crippen molar-refractivity contribution in [2.45, 2.75) is 45.1 Å². The molecule has 0 heterocycles. The van der Waals surface area contributed by atoms with E-state index in [2.05, 4.69) is 17.6 Å². The number of halogens is 1. The van der Waals surface area contributed by atoms with Gasteiger partial charge in [0.15, 0.2) is 0 Å². The molecular weight excluding hydrogens is 260 g/mol. The summed E-state index contributed by atoms with van der Waals surface area (Å²) >= 11 is 0. The van der Waals surface area contributed by atoms with Gasteiger partial charge in [-0.1, -0.05) is 0 Å². The van der Waals surface area contributed by atoms with Crippen LogP contribution in [0.4, 0.5) is 0 Å². The van der Waals surface area contributed by atoms with Gasteiger partial charge in [0, 0.05) is 18.5 Å². The molecule has 110 valence electrons. The van der Waals surface area contributed by atoms with E-state index in [0.717, 1.165) is 18.4 Å². The maximum atomic E-state index is 12.4. The van der Waals surface area contributed by atoms with Crippen molar-refractivity contribution < 1.29 is 4.79 Å². The lowest BCUT2D eigenvalue weighted by Gasteiger charge is -2.53. The van der Waals surface area contributed by atoms with Crippen LogP contribution in [0.1, 0.15) is 39.0 Å². The second kappa shape index (κ2) is 6.01. The van der Waals surface area contributed by atoms with Crippen LogP contribution in [0, 0.1) is 29.6 Å². The standard InChI is InChI=1S/C15H26N2O.ClH/c1-9(16-2)8-17-15(18)14-12-4-10-3-11(6-12)7-13(14)5-10;/h9-14,16H,3-8H2,1-2H3,(H,17,18);1H. The summed E-state index contributed by atoms with van der Waals surface area (Å²) in [6, 6.07) is 0.366. The van der Waals surface area contributed by atoms with Crippen molar-refractivity contribution in [1.82, 2.24) is 10.6 Å². The lowest BCUT2D eigenvalue weighted by atomic mass is 9.51. The van der Waals surface area contributed by atoms with E-state index in [4.69, 9.17) is 0 Å². The molecular formula is C15H27ClN2O. The predicted molar refractivity (Wildman–Crippen MR) is 79.3 cm³/mol. The zero-order valence-corrected chi connectivity index (χ0v) is 12.8. The molecule has 4 saturated carbocycles. The van der Waals surface area contributed by atoms with Crippen molar-refractivity contribution in [3.8, 4) is 0 Å². The molecule has 0 aromatic carbocycles. The average molecular weight is 287 g/mol. The van der Waals surface area contributed by atoms with E-state index in [-0.39, 0.29) is 12.4 Å². The highest BCUT2D eigenvalue weighted by atomic mass is 35.5. The molecule has 0 aromatic heterocycles. The number of carbonyl (C=O) groups is 1. The molecule has 3 nitrogen and oxygen atoms in total. The molecule has 0 saturated heterocycles. The lowest BCUT2D eigenvalue weighted by Crippen LogP contribution is -2.52. The Bertz CT molecular complexity index is 306. The Hall–Kier alpha value is -0.280. The van der Waals surface area contributed by atoms with Gasteiger partial charge < -0.3 is 10.6 Å². The van der Waals surface area contributed by atoms with Crippen LogP contribution in [0.25, 0.3) is 0 Å². The van der Waals surface area contributed by atoms with Gasteiger partial charge in [0.2, 0.25) is 5.91 Å². The Morgan fingerprint density at radius 2 is 1.63 bits per heavy atom. The van der Waals surface area contributed by atoms with Crippen LogP contribution < -0.4 is 10.6 Å². The Labute approximate surface area is 122 Å². The Morgan fingerprint density at radius 3 is 2.11 bits per heavy atom. The molecule has 0 radical (unpaired) electrons. The summed E-state index contributed by atoms with van der Waals surface area (Å²) < 4.78 is 0. The minimum Gasteiger partial charge on any atom is -0.354 e. The number of rotatable bonds is 4. The first-order valence-corrected chi connectivity index (χ1v) is 7.62. The van der Waals surface area contributed by atoms with Gasteiger partial charge in [-0.3, -0.25) is 4.79 Å². The van der Waals surface area contributed by atoms with Crippen molar-refractivity contribution in [1.29, 1.82) is 0 Å². The van der Waals surface area contributed by atoms with Crippen LogP contribution in [0.2, 0.25) is 0 Å². The Kier molecular flexibility index (Phi) is 4.78. The van der Waals surface area contributed by atoms with Gasteiger partial charge in [0.05, 0.1) is 0 Å². The van der Waals surface area contributed by atoms with Gasteiger partial charge in [-0.25, -0.2) is 0 Å². The maximum Gasteiger partial charge on any atom is 0.223 e. The number of amides is 1. The zero-order chi connectivity index (χ0) is 12.7. The second-order valence-electron chi connectivity index (χ2n) is 6.89. The third kappa shape index (κ3) is 2.92. The highest BCUT2D eigenvalue weighted by molar-refractivity contribution is 5.85. The predicted octanol–water partition coefficient (Wildman–Crippen LogP) is 2.20. The highest BCUT2D eigenvalue weighted by Gasteiger charge is 2.50. The van der Waals surface area contributed by atoms with Crippen LogP contribution in [-0.2, 0) is 4.79 Å². The molecule has 4 rings (SSSR count). The molecule has 4 fully saturated rings. The van der Waals surface area contributed by atoms with Gasteiger partial charge in [0.25, 0.3) is 0 Å². The van der Waals surface area contributed by atoms with E-state index in [0.29, 0.717) is 29.7 Å². The van der Waals surface area contributed by atoms with Crippen molar-refractivity contribution >= 4 is 18.3 Å². The summed E-state index contributed by atoms with van der Waals surface area (Å²) in [6.45, 7) is 2.87. The molecule has 0 aliphatic heterocycles. The fraction of sp³-hybridized carbons (Fsp3) is 0.933. The number of hydrogen-bond acceptors (Lipinski definition) is 2. The molecule has 1 atom stereocenters. The molecule has 1 amide bonds. The highest BCUT2D eigenvalue weighted by Crippen LogP contribution is 2.56. The van der Waals surface area contributed by atoms with E-state index in [1.807, 2.05) is 7.05 Å². The Morgan fingerprint density at radius 1 is 1.11 bits per heavy atom. The van der Waals surface area contributed by atoms with Crippen molar-refractivity contribution in [3.05, 3.63) is 0 Å². The van der Waals surface area contributed by atoms with Gasteiger partial charge in [-0.15, -0.1) is 12.4 Å². The van der Waals surface area contributed by atoms with Crippen LogP contribution in [0.3, 0.4) is 0 Å². The van der Waals surface area contributed by atoms with Gasteiger partial charge in [-0.2, -0.15) is 0 Å². The molecule has 4 bridgehead atoms.